The molecule has 0 aliphatic carbocycles. The Kier molecular flexibility index (Phi) is 30.7. The zero-order valence-corrected chi connectivity index (χ0v) is 70.4. The summed E-state index contributed by atoms with van der Waals surface area (Å²) in [4.78, 5) is 87.3. The quantitative estimate of drug-likeness (QED) is 0.0267. The average Bonchev–Trinajstić information content (AvgIpc) is 0.815. The van der Waals surface area contributed by atoms with E-state index in [4.69, 9.17) is 31.5 Å². The number of nitrogens with zero attached hydrogens (tertiary/aromatic N) is 8. The standard InChI is InChI=1S/C25H20BrN3O3.C25H20ClN3O3.C25H20FN3O3.C25H21N3O4/c3*26-20-9-3-16(4-10-20)13-23(32)29-25-24(19-7-11-21(31)12-8-19)28-22(14-27-25)18-5-1-17(15-30)2-6-18;29-15-17-1-5-18(6-2-17)22-14-26-25(24(27-22)19-7-11-21(31)12-8-19)28-23(32)13-16-3-9-20(30)10-4-16/h3*1-12,14,30-31H,13,15H2,(H,27,29,32);1-12,14,29-31H,13,15H2,(H,26,28,32). The first-order valence-corrected chi connectivity index (χ1v) is 40.9. The van der Waals surface area contributed by atoms with E-state index < -0.39 is 0 Å². The number of phenolic OH excluding ortho intramolecular Hbond substituents is 5. The van der Waals surface area contributed by atoms with Gasteiger partial charge in [-0.25, -0.2) is 44.3 Å². The summed E-state index contributed by atoms with van der Waals surface area (Å²) in [6.07, 6.45) is 6.87. The van der Waals surface area contributed by atoms with Crippen LogP contribution in [0.15, 0.2) is 320 Å². The summed E-state index contributed by atoms with van der Waals surface area (Å²) in [5, 5.41) is 96.9. The second-order valence-corrected chi connectivity index (χ2v) is 30.2. The van der Waals surface area contributed by atoms with Gasteiger partial charge in [-0.05, 0) is 190 Å². The third kappa shape index (κ3) is 25.3. The van der Waals surface area contributed by atoms with Crippen LogP contribution in [0.3, 0.4) is 0 Å². The van der Waals surface area contributed by atoms with Crippen molar-refractivity contribution in [3.63, 3.8) is 0 Å². The maximum atomic E-state index is 13.1. The highest BCUT2D eigenvalue weighted by atomic mass is 79.9. The summed E-state index contributed by atoms with van der Waals surface area (Å²) in [6.45, 7) is -0.169. The minimum atomic E-state index is -0.364. The van der Waals surface area contributed by atoms with Gasteiger partial charge in [0.2, 0.25) is 23.6 Å². The number of phenols is 5. The fourth-order valence-electron chi connectivity index (χ4n) is 12.8. The van der Waals surface area contributed by atoms with Crippen molar-refractivity contribution in [3.05, 3.63) is 376 Å². The van der Waals surface area contributed by atoms with Gasteiger partial charge in [0.25, 0.3) is 0 Å². The lowest BCUT2D eigenvalue weighted by molar-refractivity contribution is -0.116. The van der Waals surface area contributed by atoms with Gasteiger partial charge in [0.05, 0.1) is 99.7 Å². The minimum absolute atomic E-state index is 0.0337. The van der Waals surface area contributed by atoms with Gasteiger partial charge in [0.1, 0.15) is 57.3 Å². The number of carbonyl (C=O) groups is 4. The molecule has 25 nitrogen and oxygen atoms in total. The molecule has 0 saturated carbocycles. The third-order valence-electron chi connectivity index (χ3n) is 19.5. The van der Waals surface area contributed by atoms with Gasteiger partial charge in [-0.3, -0.25) is 19.2 Å². The normalized spacial score (nSPS) is 10.7. The molecule has 0 bridgehead atoms. The van der Waals surface area contributed by atoms with Crippen LogP contribution in [0.1, 0.15) is 44.5 Å². The molecular formula is C100H81BrClFN12O13. The number of anilines is 4. The van der Waals surface area contributed by atoms with E-state index in [0.29, 0.717) is 95.8 Å². The number of aliphatic hydroxyl groups excluding tert-OH is 4. The average molecular weight is 1790 g/mol. The highest BCUT2D eigenvalue weighted by Crippen LogP contribution is 2.36. The molecule has 0 aliphatic rings. The second-order valence-electron chi connectivity index (χ2n) is 28.9. The Morgan fingerprint density at radius 1 is 0.266 bits per heavy atom. The summed E-state index contributed by atoms with van der Waals surface area (Å²) < 4.78 is 14.1. The molecule has 0 atom stereocenters. The van der Waals surface area contributed by atoms with Gasteiger partial charge in [-0.1, -0.05) is 173 Å². The molecule has 16 aromatic rings. The number of amides is 4. The van der Waals surface area contributed by atoms with Crippen molar-refractivity contribution in [2.24, 2.45) is 0 Å². The Hall–Kier alpha value is -15.6. The molecule has 12 aromatic carbocycles. The number of aromatic nitrogens is 8. The van der Waals surface area contributed by atoms with Gasteiger partial charge >= 0.3 is 0 Å². The van der Waals surface area contributed by atoms with Crippen LogP contribution in [-0.2, 0) is 71.3 Å². The van der Waals surface area contributed by atoms with Crippen LogP contribution in [0.5, 0.6) is 28.7 Å². The van der Waals surface area contributed by atoms with Crippen molar-refractivity contribution < 1.29 is 69.5 Å². The zero-order valence-electron chi connectivity index (χ0n) is 68.0. The molecule has 4 heterocycles. The number of carbonyl (C=O) groups excluding carboxylic acids is 4. The van der Waals surface area contributed by atoms with E-state index in [1.54, 1.807) is 170 Å². The van der Waals surface area contributed by atoms with Gasteiger partial charge in [-0.2, -0.15) is 0 Å². The van der Waals surface area contributed by atoms with Gasteiger partial charge in [0.15, 0.2) is 23.3 Å². The number of hydrogen-bond donors (Lipinski definition) is 13. The molecule has 0 unspecified atom stereocenters. The Labute approximate surface area is 747 Å². The van der Waals surface area contributed by atoms with Crippen LogP contribution >= 0.6 is 27.5 Å². The first kappa shape index (κ1) is 90.1. The number of nitrogens with one attached hydrogen (secondary N) is 4. The van der Waals surface area contributed by atoms with E-state index in [-0.39, 0.29) is 116 Å². The molecule has 0 saturated heterocycles. The van der Waals surface area contributed by atoms with Crippen LogP contribution in [0.4, 0.5) is 27.7 Å². The number of hydrogen-bond acceptors (Lipinski definition) is 21. The molecule has 0 radical (unpaired) electrons. The smallest absolute Gasteiger partial charge is 0.230 e. The fraction of sp³-hybridized carbons (Fsp3) is 0.0800. The van der Waals surface area contributed by atoms with Crippen molar-refractivity contribution in [3.8, 4) is 119 Å². The topological polar surface area (TPSA) is 402 Å². The Morgan fingerprint density at radius 3 is 0.680 bits per heavy atom. The van der Waals surface area contributed by atoms with Gasteiger partial charge in [-0.15, -0.1) is 0 Å². The molecule has 0 spiro atoms. The molecule has 28 heteroatoms. The molecule has 4 aromatic heterocycles. The predicted octanol–water partition coefficient (Wildman–Crippen LogP) is 18.0. The maximum Gasteiger partial charge on any atom is 0.230 e. The van der Waals surface area contributed by atoms with E-state index >= 15 is 0 Å². The van der Waals surface area contributed by atoms with E-state index in [1.807, 2.05) is 109 Å². The summed E-state index contributed by atoms with van der Waals surface area (Å²) in [6, 6.07) is 82.1. The summed E-state index contributed by atoms with van der Waals surface area (Å²) in [7, 11) is 0. The van der Waals surface area contributed by atoms with Crippen LogP contribution in [0, 0.1) is 5.82 Å². The maximum absolute atomic E-state index is 13.1. The number of aromatic hydroxyl groups is 5. The third-order valence-corrected chi connectivity index (χ3v) is 20.3. The van der Waals surface area contributed by atoms with Crippen molar-refractivity contribution >= 4 is 74.4 Å². The lowest BCUT2D eigenvalue weighted by Gasteiger charge is -2.12. The Morgan fingerprint density at radius 2 is 0.453 bits per heavy atom. The van der Waals surface area contributed by atoms with Crippen LogP contribution in [0.2, 0.25) is 5.02 Å². The monoisotopic (exact) mass is 1790 g/mol. The van der Waals surface area contributed by atoms with Crippen molar-refractivity contribution in [1.29, 1.82) is 0 Å². The van der Waals surface area contributed by atoms with Gasteiger partial charge in [0, 0.05) is 54.0 Å². The molecule has 0 fully saturated rings. The fourth-order valence-corrected chi connectivity index (χ4v) is 13.1. The Balaban J connectivity index is 0.000000146. The summed E-state index contributed by atoms with van der Waals surface area (Å²) in [5.41, 5.74) is 16.7. The molecule has 640 valence electrons. The number of aliphatic hydroxyl groups is 4. The number of halogens is 3. The van der Waals surface area contributed by atoms with E-state index in [0.717, 1.165) is 65.7 Å². The molecular weight excluding hydrogens is 1710 g/mol. The van der Waals surface area contributed by atoms with Crippen molar-refractivity contribution in [1.82, 2.24) is 39.9 Å². The van der Waals surface area contributed by atoms with E-state index in [2.05, 4.69) is 57.1 Å². The SMILES string of the molecule is O=C(Cc1ccc(Br)cc1)Nc1ncc(-c2ccc(CO)cc2)nc1-c1ccc(O)cc1.O=C(Cc1ccc(Cl)cc1)Nc1ncc(-c2ccc(CO)cc2)nc1-c1ccc(O)cc1.O=C(Cc1ccc(F)cc1)Nc1ncc(-c2ccc(CO)cc2)nc1-c1ccc(O)cc1.O=C(Cc1ccc(O)cc1)Nc1ncc(-c2ccc(CO)cc2)nc1-c1ccc(O)cc1. The highest BCUT2D eigenvalue weighted by Gasteiger charge is 2.21. The summed E-state index contributed by atoms with van der Waals surface area (Å²) >= 11 is 9.30. The first-order chi connectivity index (χ1) is 62.0. The lowest BCUT2D eigenvalue weighted by Crippen LogP contribution is -2.16. The summed E-state index contributed by atoms with van der Waals surface area (Å²) in [5.74, 6) is 0.486. The van der Waals surface area contributed by atoms with Crippen LogP contribution in [0.25, 0.3) is 90.1 Å². The second kappa shape index (κ2) is 43.6. The van der Waals surface area contributed by atoms with Crippen molar-refractivity contribution in [2.45, 2.75) is 52.1 Å². The molecule has 4 amide bonds. The zero-order chi connectivity index (χ0) is 90.0. The number of rotatable bonds is 24. The largest absolute Gasteiger partial charge is 0.508 e. The van der Waals surface area contributed by atoms with Crippen molar-refractivity contribution in [2.75, 3.05) is 21.3 Å². The van der Waals surface area contributed by atoms with Crippen LogP contribution in [-0.4, -0.2) is 109 Å². The Bertz CT molecular complexity index is 5700. The first-order valence-electron chi connectivity index (χ1n) is 39.7. The van der Waals surface area contributed by atoms with E-state index in [1.165, 1.54) is 36.4 Å². The highest BCUT2D eigenvalue weighted by molar-refractivity contribution is 9.10. The molecule has 13 N–H and O–H groups in total. The lowest BCUT2D eigenvalue weighted by atomic mass is 10.1. The molecule has 0 aliphatic heterocycles. The molecule has 128 heavy (non-hydrogen) atoms. The predicted molar refractivity (Wildman–Crippen MR) is 491 cm³/mol. The van der Waals surface area contributed by atoms with Crippen LogP contribution < -0.4 is 21.3 Å². The van der Waals surface area contributed by atoms with Gasteiger partial charge < -0.3 is 67.2 Å². The molecule has 16 rings (SSSR count). The minimum Gasteiger partial charge on any atom is -0.508 e. The number of benzene rings is 12. The van der Waals surface area contributed by atoms with E-state index in [9.17, 15) is 69.5 Å².